The van der Waals surface area contributed by atoms with Crippen LogP contribution in [0.2, 0.25) is 0 Å². The zero-order chi connectivity index (χ0) is 19.5. The molecule has 6 heteroatoms. The van der Waals surface area contributed by atoms with Crippen molar-refractivity contribution in [1.82, 2.24) is 4.90 Å². The Morgan fingerprint density at radius 3 is 2.04 bits per heavy atom. The van der Waals surface area contributed by atoms with Crippen LogP contribution in [0.4, 0.5) is 5.69 Å². The Balaban J connectivity index is 2.28. The highest BCUT2D eigenvalue weighted by atomic mass is 32.2. The van der Waals surface area contributed by atoms with Crippen LogP contribution in [0.25, 0.3) is 0 Å². The smallest absolute Gasteiger partial charge is 0.243 e. The number of amides is 1. The fourth-order valence-corrected chi connectivity index (χ4v) is 4.08. The molecule has 0 radical (unpaired) electrons. The van der Waals surface area contributed by atoms with Gasteiger partial charge in [0.25, 0.3) is 0 Å². The van der Waals surface area contributed by atoms with Crippen molar-refractivity contribution in [2.75, 3.05) is 24.2 Å². The summed E-state index contributed by atoms with van der Waals surface area (Å²) in [4.78, 5) is 14.2. The Kier molecular flexibility index (Phi) is 6.08. The zero-order valence-corrected chi connectivity index (χ0v) is 16.8. The van der Waals surface area contributed by atoms with E-state index in [1.54, 1.807) is 11.9 Å². The molecular formula is C20H26N2O3S. The number of aryl methyl sites for hydroxylation is 3. The first-order chi connectivity index (χ1) is 12.1. The van der Waals surface area contributed by atoms with E-state index in [2.05, 4.69) is 0 Å². The third-order valence-corrected chi connectivity index (χ3v) is 5.36. The lowest BCUT2D eigenvalue weighted by molar-refractivity contribution is -0.128. The van der Waals surface area contributed by atoms with Crippen LogP contribution in [-0.4, -0.2) is 39.1 Å². The van der Waals surface area contributed by atoms with Gasteiger partial charge in [0.05, 0.1) is 11.9 Å². The summed E-state index contributed by atoms with van der Waals surface area (Å²) in [7, 11) is -1.91. The number of anilines is 1. The lowest BCUT2D eigenvalue weighted by atomic mass is 10.1. The molecule has 5 nitrogen and oxygen atoms in total. The fourth-order valence-electron chi connectivity index (χ4n) is 3.12. The standard InChI is InChI=1S/C20H26N2O3S/c1-15-11-16(2)20(17(3)12-15)22(26(5,24)25)14-19(23)21(4)13-18-9-7-6-8-10-18/h6-12H,13-14H2,1-5H3. The maximum absolute atomic E-state index is 12.7. The maximum atomic E-state index is 12.7. The molecule has 0 aliphatic carbocycles. The highest BCUT2D eigenvalue weighted by molar-refractivity contribution is 7.92. The van der Waals surface area contributed by atoms with Gasteiger partial charge >= 0.3 is 0 Å². The van der Waals surface area contributed by atoms with Crippen LogP contribution in [0.3, 0.4) is 0 Å². The topological polar surface area (TPSA) is 57.7 Å². The third-order valence-electron chi connectivity index (χ3n) is 4.25. The number of carbonyl (C=O) groups excluding carboxylic acids is 1. The van der Waals surface area contributed by atoms with Crippen LogP contribution in [-0.2, 0) is 21.4 Å². The molecule has 0 fully saturated rings. The number of hydrogen-bond donors (Lipinski definition) is 0. The lowest BCUT2D eigenvalue weighted by Crippen LogP contribution is -2.41. The van der Waals surface area contributed by atoms with Gasteiger partial charge in [-0.25, -0.2) is 8.42 Å². The van der Waals surface area contributed by atoms with Crippen LogP contribution >= 0.6 is 0 Å². The van der Waals surface area contributed by atoms with Crippen molar-refractivity contribution >= 4 is 21.6 Å². The van der Waals surface area contributed by atoms with E-state index in [0.717, 1.165) is 28.5 Å². The number of benzene rings is 2. The van der Waals surface area contributed by atoms with Crippen LogP contribution < -0.4 is 4.31 Å². The van der Waals surface area contributed by atoms with Crippen LogP contribution in [0.1, 0.15) is 22.3 Å². The minimum Gasteiger partial charge on any atom is -0.340 e. The van der Waals surface area contributed by atoms with E-state index in [1.165, 1.54) is 4.31 Å². The van der Waals surface area contributed by atoms with Crippen LogP contribution in [0, 0.1) is 20.8 Å². The lowest BCUT2D eigenvalue weighted by Gasteiger charge is -2.28. The first-order valence-electron chi connectivity index (χ1n) is 8.43. The minimum atomic E-state index is -3.59. The van der Waals surface area contributed by atoms with Gasteiger partial charge in [-0.1, -0.05) is 48.0 Å². The highest BCUT2D eigenvalue weighted by Crippen LogP contribution is 2.28. The van der Waals surface area contributed by atoms with Crippen LogP contribution in [0.15, 0.2) is 42.5 Å². The number of carbonyl (C=O) groups is 1. The summed E-state index contributed by atoms with van der Waals surface area (Å²) in [5.41, 5.74) is 4.32. The monoisotopic (exact) mass is 374 g/mol. The molecule has 0 aliphatic heterocycles. The first kappa shape index (κ1) is 20.0. The van der Waals surface area contributed by atoms with E-state index in [1.807, 2.05) is 63.2 Å². The Morgan fingerprint density at radius 2 is 1.54 bits per heavy atom. The van der Waals surface area contributed by atoms with Gasteiger partial charge in [0.1, 0.15) is 6.54 Å². The van der Waals surface area contributed by atoms with Gasteiger partial charge < -0.3 is 4.90 Å². The van der Waals surface area contributed by atoms with Crippen molar-refractivity contribution < 1.29 is 13.2 Å². The molecule has 2 aromatic rings. The summed E-state index contributed by atoms with van der Waals surface area (Å²) < 4.78 is 26.0. The molecule has 0 aromatic heterocycles. The summed E-state index contributed by atoms with van der Waals surface area (Å²) in [5.74, 6) is -0.251. The average Bonchev–Trinajstić information content (AvgIpc) is 2.52. The van der Waals surface area contributed by atoms with Gasteiger partial charge in [0.2, 0.25) is 15.9 Å². The van der Waals surface area contributed by atoms with Gasteiger partial charge in [-0.3, -0.25) is 9.10 Å². The predicted octanol–water partition coefficient (Wildman–Crippen LogP) is 3.04. The number of nitrogens with zero attached hydrogens (tertiary/aromatic N) is 2. The average molecular weight is 375 g/mol. The van der Waals surface area contributed by atoms with E-state index in [0.29, 0.717) is 12.2 Å². The minimum absolute atomic E-state index is 0.215. The Morgan fingerprint density at radius 1 is 1.00 bits per heavy atom. The van der Waals surface area contributed by atoms with Gasteiger partial charge in [0.15, 0.2) is 0 Å². The fraction of sp³-hybridized carbons (Fsp3) is 0.350. The molecule has 1 amide bonds. The van der Waals surface area contributed by atoms with Gasteiger partial charge in [-0.2, -0.15) is 0 Å². The largest absolute Gasteiger partial charge is 0.340 e. The molecule has 140 valence electrons. The molecule has 2 aromatic carbocycles. The molecule has 0 saturated carbocycles. The SMILES string of the molecule is Cc1cc(C)c(N(CC(=O)N(C)Cc2ccccc2)S(C)(=O)=O)c(C)c1. The second kappa shape index (κ2) is 7.91. The van der Waals surface area contributed by atoms with E-state index < -0.39 is 10.0 Å². The van der Waals surface area contributed by atoms with E-state index in [-0.39, 0.29) is 12.5 Å². The molecule has 0 unspecified atom stereocenters. The zero-order valence-electron chi connectivity index (χ0n) is 16.0. The normalized spacial score (nSPS) is 11.3. The van der Waals surface area contributed by atoms with Crippen molar-refractivity contribution in [2.24, 2.45) is 0 Å². The van der Waals surface area contributed by atoms with E-state index in [9.17, 15) is 13.2 Å². The molecule has 0 N–H and O–H groups in total. The van der Waals surface area contributed by atoms with Crippen molar-refractivity contribution in [2.45, 2.75) is 27.3 Å². The third kappa shape index (κ3) is 4.85. The van der Waals surface area contributed by atoms with Crippen molar-refractivity contribution in [1.29, 1.82) is 0 Å². The molecule has 26 heavy (non-hydrogen) atoms. The van der Waals surface area contributed by atoms with Crippen molar-refractivity contribution in [3.63, 3.8) is 0 Å². The second-order valence-electron chi connectivity index (χ2n) is 6.75. The summed E-state index contributed by atoms with van der Waals surface area (Å²) >= 11 is 0. The van der Waals surface area contributed by atoms with E-state index in [4.69, 9.17) is 0 Å². The summed E-state index contributed by atoms with van der Waals surface area (Å²) in [5, 5.41) is 0. The molecule has 0 heterocycles. The molecule has 0 aliphatic rings. The molecular weight excluding hydrogens is 348 g/mol. The first-order valence-corrected chi connectivity index (χ1v) is 10.3. The predicted molar refractivity (Wildman–Crippen MR) is 106 cm³/mol. The Bertz CT molecular complexity index is 870. The second-order valence-corrected chi connectivity index (χ2v) is 8.66. The van der Waals surface area contributed by atoms with E-state index >= 15 is 0 Å². The summed E-state index contributed by atoms with van der Waals surface area (Å²) in [6.45, 7) is 5.92. The highest BCUT2D eigenvalue weighted by Gasteiger charge is 2.25. The Labute approximate surface area is 156 Å². The summed E-state index contributed by atoms with van der Waals surface area (Å²) in [6.07, 6.45) is 1.14. The number of rotatable bonds is 6. The van der Waals surface area contributed by atoms with Crippen molar-refractivity contribution in [3.8, 4) is 0 Å². The van der Waals surface area contributed by atoms with Gasteiger partial charge in [0, 0.05) is 13.6 Å². The molecule has 0 spiro atoms. The number of hydrogen-bond acceptors (Lipinski definition) is 3. The van der Waals surface area contributed by atoms with Gasteiger partial charge in [-0.05, 0) is 37.5 Å². The summed E-state index contributed by atoms with van der Waals surface area (Å²) in [6, 6.07) is 13.5. The van der Waals surface area contributed by atoms with Crippen molar-refractivity contribution in [3.05, 3.63) is 64.7 Å². The molecule has 0 bridgehead atoms. The number of likely N-dealkylation sites (N-methyl/N-ethyl adjacent to an activating group) is 1. The maximum Gasteiger partial charge on any atom is 0.243 e. The molecule has 0 atom stereocenters. The Hall–Kier alpha value is -2.34. The number of sulfonamides is 1. The molecule has 2 rings (SSSR count). The van der Waals surface area contributed by atoms with Crippen LogP contribution in [0.5, 0.6) is 0 Å². The van der Waals surface area contributed by atoms with Gasteiger partial charge in [-0.15, -0.1) is 0 Å². The molecule has 0 saturated heterocycles. The quantitative estimate of drug-likeness (QED) is 0.781.